The van der Waals surface area contributed by atoms with Gasteiger partial charge in [-0.2, -0.15) is 0 Å². The van der Waals surface area contributed by atoms with Crippen LogP contribution < -0.4 is 0 Å². The zero-order valence-electron chi connectivity index (χ0n) is 12.0. The second kappa shape index (κ2) is 5.33. The zero-order valence-corrected chi connectivity index (χ0v) is 12.0. The Bertz CT molecular complexity index is 441. The van der Waals surface area contributed by atoms with Gasteiger partial charge in [0.25, 0.3) is 0 Å². The van der Waals surface area contributed by atoms with E-state index in [0.29, 0.717) is 0 Å². The molecule has 0 amide bonds. The summed E-state index contributed by atoms with van der Waals surface area (Å²) in [5.41, 5.74) is 0.945. The molecule has 1 aliphatic heterocycles. The van der Waals surface area contributed by atoms with Gasteiger partial charge in [-0.25, -0.2) is 0 Å². The number of carboxylic acid groups (broad SMARTS) is 1. The lowest BCUT2D eigenvalue weighted by Crippen LogP contribution is -2.56. The van der Waals surface area contributed by atoms with Crippen molar-refractivity contribution in [2.24, 2.45) is 5.92 Å². The molecule has 1 saturated heterocycles. The average Bonchev–Trinajstić information content (AvgIpc) is 2.38. The molecule has 104 valence electrons. The van der Waals surface area contributed by atoms with Crippen LogP contribution in [0.2, 0.25) is 0 Å². The first kappa shape index (κ1) is 14.1. The van der Waals surface area contributed by atoms with E-state index in [1.165, 1.54) is 5.56 Å². The predicted molar refractivity (Wildman–Crippen MR) is 76.0 cm³/mol. The molecule has 1 N–H and O–H groups in total. The highest BCUT2D eigenvalue weighted by Crippen LogP contribution is 2.39. The fourth-order valence-electron chi connectivity index (χ4n) is 3.34. The van der Waals surface area contributed by atoms with Gasteiger partial charge >= 0.3 is 5.97 Å². The number of nitrogens with zero attached hydrogens (tertiary/aromatic N) is 1. The Morgan fingerprint density at radius 2 is 2.00 bits per heavy atom. The highest BCUT2D eigenvalue weighted by Gasteiger charge is 2.44. The molecule has 1 fully saturated rings. The average molecular weight is 261 g/mol. The van der Waals surface area contributed by atoms with Gasteiger partial charge in [0.1, 0.15) is 0 Å². The maximum atomic E-state index is 11.4. The summed E-state index contributed by atoms with van der Waals surface area (Å²) in [6, 6.07) is 10.6. The molecule has 19 heavy (non-hydrogen) atoms. The van der Waals surface area contributed by atoms with E-state index in [9.17, 15) is 9.90 Å². The molecule has 2 atom stereocenters. The second-order valence-corrected chi connectivity index (χ2v) is 5.97. The van der Waals surface area contributed by atoms with Crippen LogP contribution in [0.1, 0.15) is 45.2 Å². The second-order valence-electron chi connectivity index (χ2n) is 5.97. The standard InChI is InChI=1S/C16H23NO2/c1-12(13-8-5-4-6-9-13)17-11-7-10-14(15(18)19)16(17,2)3/h4-6,8-9,12,14H,7,10-11H2,1-3H3,(H,18,19). The number of piperidine rings is 1. The highest BCUT2D eigenvalue weighted by atomic mass is 16.4. The number of rotatable bonds is 3. The normalized spacial score (nSPS) is 24.9. The molecule has 2 unspecified atom stereocenters. The quantitative estimate of drug-likeness (QED) is 0.907. The number of aliphatic carboxylic acids is 1. The van der Waals surface area contributed by atoms with Crippen molar-refractivity contribution < 1.29 is 9.90 Å². The molecule has 0 aromatic heterocycles. The van der Waals surface area contributed by atoms with Crippen LogP contribution in [0, 0.1) is 5.92 Å². The largest absolute Gasteiger partial charge is 0.481 e. The Morgan fingerprint density at radius 3 is 2.58 bits per heavy atom. The number of carbonyl (C=O) groups is 1. The summed E-state index contributed by atoms with van der Waals surface area (Å²) in [4.78, 5) is 13.8. The van der Waals surface area contributed by atoms with Crippen molar-refractivity contribution in [1.29, 1.82) is 0 Å². The number of hydrogen-bond donors (Lipinski definition) is 1. The van der Waals surface area contributed by atoms with Crippen LogP contribution in [0.4, 0.5) is 0 Å². The monoisotopic (exact) mass is 261 g/mol. The number of likely N-dealkylation sites (tertiary alicyclic amines) is 1. The van der Waals surface area contributed by atoms with Gasteiger partial charge in [-0.05, 0) is 45.7 Å². The van der Waals surface area contributed by atoms with Gasteiger partial charge < -0.3 is 5.11 Å². The molecule has 0 radical (unpaired) electrons. The van der Waals surface area contributed by atoms with E-state index in [-0.39, 0.29) is 17.5 Å². The predicted octanol–water partition coefficient (Wildman–Crippen LogP) is 3.32. The van der Waals surface area contributed by atoms with E-state index in [1.807, 2.05) is 18.2 Å². The number of benzene rings is 1. The maximum Gasteiger partial charge on any atom is 0.308 e. The van der Waals surface area contributed by atoms with E-state index < -0.39 is 5.97 Å². The smallest absolute Gasteiger partial charge is 0.308 e. The summed E-state index contributed by atoms with van der Waals surface area (Å²) in [5, 5.41) is 9.42. The lowest BCUT2D eigenvalue weighted by Gasteiger charge is -2.49. The fourth-order valence-corrected chi connectivity index (χ4v) is 3.34. The van der Waals surface area contributed by atoms with Crippen LogP contribution in [-0.2, 0) is 4.79 Å². The first-order valence-corrected chi connectivity index (χ1v) is 6.99. The van der Waals surface area contributed by atoms with Gasteiger partial charge in [-0.15, -0.1) is 0 Å². The summed E-state index contributed by atoms with van der Waals surface area (Å²) in [5.74, 6) is -0.956. The van der Waals surface area contributed by atoms with Crippen LogP contribution in [0.5, 0.6) is 0 Å². The van der Waals surface area contributed by atoms with Crippen molar-refractivity contribution in [2.45, 2.75) is 45.2 Å². The topological polar surface area (TPSA) is 40.5 Å². The van der Waals surface area contributed by atoms with Crippen LogP contribution in [0.25, 0.3) is 0 Å². The Balaban J connectivity index is 2.26. The molecule has 0 saturated carbocycles. The third kappa shape index (κ3) is 2.66. The van der Waals surface area contributed by atoms with Gasteiger partial charge in [-0.3, -0.25) is 9.69 Å². The minimum Gasteiger partial charge on any atom is -0.481 e. The van der Waals surface area contributed by atoms with Crippen molar-refractivity contribution in [3.63, 3.8) is 0 Å². The minimum absolute atomic E-state index is 0.248. The molecule has 0 bridgehead atoms. The molecule has 1 aromatic carbocycles. The maximum absolute atomic E-state index is 11.4. The Hall–Kier alpha value is -1.35. The Kier molecular flexibility index (Phi) is 3.95. The first-order valence-electron chi connectivity index (χ1n) is 6.99. The molecule has 1 heterocycles. The fraction of sp³-hybridized carbons (Fsp3) is 0.562. The van der Waals surface area contributed by atoms with Crippen LogP contribution in [0.3, 0.4) is 0 Å². The van der Waals surface area contributed by atoms with Crippen LogP contribution >= 0.6 is 0 Å². The summed E-state index contributed by atoms with van der Waals surface area (Å²) in [7, 11) is 0. The molecule has 3 nitrogen and oxygen atoms in total. The van der Waals surface area contributed by atoms with Gasteiger partial charge in [0.15, 0.2) is 0 Å². The minimum atomic E-state index is -0.671. The third-order valence-corrected chi connectivity index (χ3v) is 4.53. The van der Waals surface area contributed by atoms with Crippen molar-refractivity contribution in [3.8, 4) is 0 Å². The number of carboxylic acids is 1. The lowest BCUT2D eigenvalue weighted by molar-refractivity contribution is -0.151. The van der Waals surface area contributed by atoms with Crippen LogP contribution in [0.15, 0.2) is 30.3 Å². The summed E-state index contributed by atoms with van der Waals surface area (Å²) >= 11 is 0. The van der Waals surface area contributed by atoms with E-state index >= 15 is 0 Å². The lowest BCUT2D eigenvalue weighted by atomic mass is 9.77. The molecular weight excluding hydrogens is 238 g/mol. The SMILES string of the molecule is CC(c1ccccc1)N1CCCC(C(=O)O)C1(C)C. The Morgan fingerprint density at radius 1 is 1.37 bits per heavy atom. The summed E-state index contributed by atoms with van der Waals surface area (Å²) in [6.07, 6.45) is 1.73. The van der Waals surface area contributed by atoms with Gasteiger partial charge in [0.2, 0.25) is 0 Å². The first-order chi connectivity index (χ1) is 8.94. The highest BCUT2D eigenvalue weighted by molar-refractivity contribution is 5.71. The summed E-state index contributed by atoms with van der Waals surface area (Å²) in [6.45, 7) is 7.25. The van der Waals surface area contributed by atoms with Gasteiger partial charge in [0.05, 0.1) is 5.92 Å². The van der Waals surface area contributed by atoms with E-state index in [2.05, 4.69) is 37.8 Å². The van der Waals surface area contributed by atoms with Crippen molar-refractivity contribution in [3.05, 3.63) is 35.9 Å². The zero-order chi connectivity index (χ0) is 14.0. The van der Waals surface area contributed by atoms with Gasteiger partial charge in [-0.1, -0.05) is 30.3 Å². The Labute approximate surface area is 115 Å². The van der Waals surface area contributed by atoms with Crippen molar-refractivity contribution in [2.75, 3.05) is 6.54 Å². The molecular formula is C16H23NO2. The van der Waals surface area contributed by atoms with E-state index in [1.54, 1.807) is 0 Å². The molecule has 1 aliphatic rings. The van der Waals surface area contributed by atoms with E-state index in [4.69, 9.17) is 0 Å². The van der Waals surface area contributed by atoms with Crippen molar-refractivity contribution in [1.82, 2.24) is 4.90 Å². The molecule has 0 aliphatic carbocycles. The molecule has 2 rings (SSSR count). The molecule has 1 aromatic rings. The van der Waals surface area contributed by atoms with E-state index in [0.717, 1.165) is 19.4 Å². The number of hydrogen-bond acceptors (Lipinski definition) is 2. The van der Waals surface area contributed by atoms with Gasteiger partial charge in [0, 0.05) is 11.6 Å². The molecule has 0 spiro atoms. The summed E-state index contributed by atoms with van der Waals surface area (Å²) < 4.78 is 0. The third-order valence-electron chi connectivity index (χ3n) is 4.53. The molecule has 3 heteroatoms. The van der Waals surface area contributed by atoms with Crippen molar-refractivity contribution >= 4 is 5.97 Å². The van der Waals surface area contributed by atoms with Crippen LogP contribution in [-0.4, -0.2) is 28.1 Å².